The fourth-order valence-corrected chi connectivity index (χ4v) is 3.65. The Balaban J connectivity index is 0.00000127. The summed E-state index contributed by atoms with van der Waals surface area (Å²) < 4.78 is 0. The lowest BCUT2D eigenvalue weighted by Gasteiger charge is -2.40. The van der Waals surface area contributed by atoms with Crippen LogP contribution in [0.3, 0.4) is 0 Å². The zero-order chi connectivity index (χ0) is 17.2. The second-order valence-electron chi connectivity index (χ2n) is 7.02. The van der Waals surface area contributed by atoms with E-state index in [1.807, 2.05) is 13.8 Å². The van der Waals surface area contributed by atoms with Crippen LogP contribution in [0.15, 0.2) is 0 Å². The molecule has 0 saturated carbocycles. The van der Waals surface area contributed by atoms with Crippen LogP contribution in [0.1, 0.15) is 53.9 Å². The summed E-state index contributed by atoms with van der Waals surface area (Å²) in [7, 11) is 0. The molecule has 4 nitrogen and oxygen atoms in total. The average Bonchev–Trinajstić information content (AvgIpc) is 2.58. The third-order valence-electron chi connectivity index (χ3n) is 5.29. The number of Topliss-reactive ketones (excluding diaryl/α,β-unsaturated/α-hetero) is 1. The van der Waals surface area contributed by atoms with Crippen molar-refractivity contribution in [3.63, 3.8) is 0 Å². The molecule has 4 heteroatoms. The maximum Gasteiger partial charge on any atom is 0.143 e. The smallest absolute Gasteiger partial charge is 0.143 e. The van der Waals surface area contributed by atoms with Gasteiger partial charge in [0, 0.05) is 38.8 Å². The highest BCUT2D eigenvalue weighted by Crippen LogP contribution is 2.19. The molecule has 0 radical (unpaired) electrons. The summed E-state index contributed by atoms with van der Waals surface area (Å²) in [5.41, 5.74) is 0. The van der Waals surface area contributed by atoms with Gasteiger partial charge in [-0.3, -0.25) is 14.6 Å². The lowest BCUT2D eigenvalue weighted by atomic mass is 9.95. The van der Waals surface area contributed by atoms with Gasteiger partial charge in [-0.2, -0.15) is 0 Å². The molecular formula is C19H39N3O. The molecule has 0 aromatic carbocycles. The predicted octanol–water partition coefficient (Wildman–Crippen LogP) is 2.73. The molecule has 2 heterocycles. The van der Waals surface area contributed by atoms with Crippen LogP contribution in [0.5, 0.6) is 0 Å². The highest BCUT2D eigenvalue weighted by molar-refractivity contribution is 5.77. The van der Waals surface area contributed by atoms with E-state index >= 15 is 0 Å². The molecule has 0 spiro atoms. The summed E-state index contributed by atoms with van der Waals surface area (Å²) in [5.74, 6) is 1.14. The number of likely N-dealkylation sites (tertiary alicyclic amines) is 1. The Hall–Kier alpha value is -0.450. The fraction of sp³-hybridized carbons (Fsp3) is 0.947. The van der Waals surface area contributed by atoms with Gasteiger partial charge in [-0.15, -0.1) is 0 Å². The first-order valence-corrected chi connectivity index (χ1v) is 9.76. The van der Waals surface area contributed by atoms with Crippen LogP contribution in [-0.4, -0.2) is 78.9 Å². The van der Waals surface area contributed by atoms with Crippen LogP contribution in [0.4, 0.5) is 0 Å². The Morgan fingerprint density at radius 1 is 1.00 bits per heavy atom. The molecule has 2 saturated heterocycles. The third-order valence-corrected chi connectivity index (χ3v) is 5.29. The number of piperazine rings is 1. The number of hydrogen-bond acceptors (Lipinski definition) is 4. The van der Waals surface area contributed by atoms with Crippen molar-refractivity contribution < 1.29 is 4.79 Å². The summed E-state index contributed by atoms with van der Waals surface area (Å²) >= 11 is 0. The Morgan fingerprint density at radius 3 is 2.04 bits per heavy atom. The molecule has 2 rings (SSSR count). The van der Waals surface area contributed by atoms with Gasteiger partial charge < -0.3 is 4.90 Å². The third kappa shape index (κ3) is 7.32. The van der Waals surface area contributed by atoms with Crippen molar-refractivity contribution in [2.45, 2.75) is 59.9 Å². The van der Waals surface area contributed by atoms with Gasteiger partial charge in [0.2, 0.25) is 0 Å². The second kappa shape index (κ2) is 11.2. The molecule has 2 aliphatic rings. The fourth-order valence-electron chi connectivity index (χ4n) is 3.65. The van der Waals surface area contributed by atoms with Crippen LogP contribution in [0.2, 0.25) is 0 Å². The first-order valence-electron chi connectivity index (χ1n) is 9.76. The minimum Gasteiger partial charge on any atom is -0.301 e. The number of carbonyl (C=O) groups is 1. The monoisotopic (exact) mass is 325 g/mol. The number of hydrogen-bond donors (Lipinski definition) is 0. The standard InChI is InChI=1S/C17H33N3O.C2H6/c1-4-15(2)20-11-9-19(10-12-20)14-17-5-7-18(8-6-17)13-16(3)21;1-2/h15,17H,4-14H2,1-3H3;1-2H3. The van der Waals surface area contributed by atoms with E-state index in [0.717, 1.165) is 25.0 Å². The Morgan fingerprint density at radius 2 is 1.57 bits per heavy atom. The van der Waals surface area contributed by atoms with Gasteiger partial charge in [-0.1, -0.05) is 20.8 Å². The van der Waals surface area contributed by atoms with E-state index in [4.69, 9.17) is 0 Å². The van der Waals surface area contributed by atoms with Gasteiger partial charge in [0.25, 0.3) is 0 Å². The largest absolute Gasteiger partial charge is 0.301 e. The van der Waals surface area contributed by atoms with E-state index in [1.54, 1.807) is 6.92 Å². The number of ketones is 1. The van der Waals surface area contributed by atoms with E-state index in [2.05, 4.69) is 28.5 Å². The molecule has 1 unspecified atom stereocenters. The van der Waals surface area contributed by atoms with Gasteiger partial charge in [0.05, 0.1) is 6.54 Å². The summed E-state index contributed by atoms with van der Waals surface area (Å²) in [6, 6.07) is 0.738. The molecule has 0 amide bonds. The predicted molar refractivity (Wildman–Crippen MR) is 99.0 cm³/mol. The van der Waals surface area contributed by atoms with Crippen molar-refractivity contribution in [3.05, 3.63) is 0 Å². The Bertz CT molecular complexity index is 319. The second-order valence-corrected chi connectivity index (χ2v) is 7.02. The molecule has 0 aliphatic carbocycles. The maximum absolute atomic E-state index is 11.2. The number of nitrogens with zero attached hydrogens (tertiary/aromatic N) is 3. The van der Waals surface area contributed by atoms with Gasteiger partial charge >= 0.3 is 0 Å². The Labute approximate surface area is 144 Å². The highest BCUT2D eigenvalue weighted by Gasteiger charge is 2.25. The van der Waals surface area contributed by atoms with E-state index < -0.39 is 0 Å². The minimum atomic E-state index is 0.301. The summed E-state index contributed by atoms with van der Waals surface area (Å²) in [4.78, 5) is 18.8. The van der Waals surface area contributed by atoms with E-state index in [9.17, 15) is 4.79 Å². The van der Waals surface area contributed by atoms with Crippen LogP contribution < -0.4 is 0 Å². The maximum atomic E-state index is 11.2. The van der Waals surface area contributed by atoms with E-state index in [1.165, 1.54) is 52.0 Å². The number of piperidine rings is 1. The van der Waals surface area contributed by atoms with E-state index in [-0.39, 0.29) is 0 Å². The van der Waals surface area contributed by atoms with Crippen LogP contribution in [0.25, 0.3) is 0 Å². The SMILES string of the molecule is CC.CCC(C)N1CCN(CC2CCN(CC(C)=O)CC2)CC1. The quantitative estimate of drug-likeness (QED) is 0.750. The zero-order valence-electron chi connectivity index (χ0n) is 16.2. The molecule has 0 N–H and O–H groups in total. The van der Waals surface area contributed by atoms with Gasteiger partial charge in [-0.05, 0) is 52.1 Å². The van der Waals surface area contributed by atoms with Crippen molar-refractivity contribution >= 4 is 5.78 Å². The van der Waals surface area contributed by atoms with Crippen LogP contribution in [0, 0.1) is 5.92 Å². The molecule has 2 fully saturated rings. The summed E-state index contributed by atoms with van der Waals surface area (Å²) in [6.45, 7) is 19.4. The molecular weight excluding hydrogens is 286 g/mol. The van der Waals surface area contributed by atoms with Crippen molar-refractivity contribution in [2.75, 3.05) is 52.4 Å². The number of carbonyl (C=O) groups excluding carboxylic acids is 1. The van der Waals surface area contributed by atoms with E-state index in [0.29, 0.717) is 12.3 Å². The topological polar surface area (TPSA) is 26.8 Å². The molecule has 0 aromatic rings. The minimum absolute atomic E-state index is 0.301. The zero-order valence-corrected chi connectivity index (χ0v) is 16.2. The molecule has 136 valence electrons. The Kier molecular flexibility index (Phi) is 10.00. The van der Waals surface area contributed by atoms with Crippen molar-refractivity contribution in [3.8, 4) is 0 Å². The molecule has 1 atom stereocenters. The first kappa shape index (κ1) is 20.6. The van der Waals surface area contributed by atoms with Crippen LogP contribution in [-0.2, 0) is 4.79 Å². The van der Waals surface area contributed by atoms with Crippen molar-refractivity contribution in [1.29, 1.82) is 0 Å². The first-order chi connectivity index (χ1) is 11.1. The van der Waals surface area contributed by atoms with Gasteiger partial charge in [0.1, 0.15) is 5.78 Å². The lowest BCUT2D eigenvalue weighted by Crippen LogP contribution is -2.51. The molecule has 23 heavy (non-hydrogen) atoms. The highest BCUT2D eigenvalue weighted by atomic mass is 16.1. The number of rotatable bonds is 6. The summed E-state index contributed by atoms with van der Waals surface area (Å²) in [6.07, 6.45) is 3.78. The van der Waals surface area contributed by atoms with Gasteiger partial charge in [0.15, 0.2) is 0 Å². The summed E-state index contributed by atoms with van der Waals surface area (Å²) in [5, 5.41) is 0. The van der Waals surface area contributed by atoms with Crippen molar-refractivity contribution in [1.82, 2.24) is 14.7 Å². The lowest BCUT2D eigenvalue weighted by molar-refractivity contribution is -0.118. The van der Waals surface area contributed by atoms with Crippen molar-refractivity contribution in [2.24, 2.45) is 5.92 Å². The molecule has 2 aliphatic heterocycles. The molecule has 0 aromatic heterocycles. The van der Waals surface area contributed by atoms with Crippen LogP contribution >= 0.6 is 0 Å². The van der Waals surface area contributed by atoms with Gasteiger partial charge in [-0.25, -0.2) is 0 Å². The average molecular weight is 326 g/mol. The normalized spacial score (nSPS) is 23.2. The molecule has 0 bridgehead atoms.